The second kappa shape index (κ2) is 7.66. The van der Waals surface area contributed by atoms with Crippen molar-refractivity contribution in [3.63, 3.8) is 0 Å². The van der Waals surface area contributed by atoms with Gasteiger partial charge < -0.3 is 19.4 Å². The van der Waals surface area contributed by atoms with Crippen LogP contribution in [0.5, 0.6) is 11.5 Å². The van der Waals surface area contributed by atoms with E-state index in [2.05, 4.69) is 35.3 Å². The highest BCUT2D eigenvalue weighted by Crippen LogP contribution is 2.37. The predicted octanol–water partition coefficient (Wildman–Crippen LogP) is 4.54. The zero-order chi connectivity index (χ0) is 19.6. The molecular formula is C24H24N2O3. The summed E-state index contributed by atoms with van der Waals surface area (Å²) in [6.45, 7) is 1.79. The van der Waals surface area contributed by atoms with Gasteiger partial charge in [-0.3, -0.25) is 4.79 Å². The van der Waals surface area contributed by atoms with E-state index in [1.807, 2.05) is 29.3 Å². The number of carbonyl (C=O) groups excluding carboxylic acids is 1. The molecule has 0 bridgehead atoms. The first-order valence-electron chi connectivity index (χ1n) is 10.2. The summed E-state index contributed by atoms with van der Waals surface area (Å²) in [5, 5.41) is 1.15. The number of aryl methyl sites for hydroxylation is 1. The van der Waals surface area contributed by atoms with Gasteiger partial charge in [0, 0.05) is 42.7 Å². The van der Waals surface area contributed by atoms with E-state index in [1.165, 1.54) is 16.7 Å². The Balaban J connectivity index is 1.17. The Kier molecular flexibility index (Phi) is 4.72. The Morgan fingerprint density at radius 3 is 2.72 bits per heavy atom. The quantitative estimate of drug-likeness (QED) is 0.698. The highest BCUT2D eigenvalue weighted by atomic mass is 16.7. The summed E-state index contributed by atoms with van der Waals surface area (Å²) in [5.74, 6) is 1.82. The smallest absolute Gasteiger partial charge is 0.231 e. The van der Waals surface area contributed by atoms with Gasteiger partial charge in [-0.1, -0.05) is 36.4 Å². The molecule has 148 valence electrons. The van der Waals surface area contributed by atoms with Crippen molar-refractivity contribution in [1.29, 1.82) is 0 Å². The maximum absolute atomic E-state index is 12.6. The van der Waals surface area contributed by atoms with Crippen molar-refractivity contribution in [2.75, 3.05) is 19.9 Å². The fraction of sp³-hybridized carbons (Fsp3) is 0.292. The minimum Gasteiger partial charge on any atom is -0.454 e. The van der Waals surface area contributed by atoms with Crippen molar-refractivity contribution in [1.82, 2.24) is 9.88 Å². The molecule has 3 aromatic rings. The van der Waals surface area contributed by atoms with Crippen LogP contribution in [0.3, 0.4) is 0 Å². The predicted molar refractivity (Wildman–Crippen MR) is 113 cm³/mol. The first-order chi connectivity index (χ1) is 14.3. The lowest BCUT2D eigenvalue weighted by molar-refractivity contribution is -0.130. The van der Waals surface area contributed by atoms with Gasteiger partial charge in [0.05, 0.1) is 0 Å². The average molecular weight is 388 g/mol. The third-order valence-corrected chi connectivity index (χ3v) is 5.80. The van der Waals surface area contributed by atoms with Gasteiger partial charge in [0.2, 0.25) is 12.7 Å². The third kappa shape index (κ3) is 3.60. The van der Waals surface area contributed by atoms with E-state index in [9.17, 15) is 4.79 Å². The van der Waals surface area contributed by atoms with Gasteiger partial charge in [-0.25, -0.2) is 0 Å². The van der Waals surface area contributed by atoms with Crippen LogP contribution in [0, 0.1) is 0 Å². The van der Waals surface area contributed by atoms with E-state index in [4.69, 9.17) is 9.47 Å². The van der Waals surface area contributed by atoms with E-state index in [1.54, 1.807) is 0 Å². The summed E-state index contributed by atoms with van der Waals surface area (Å²) in [5.41, 5.74) is 4.87. The second-order valence-corrected chi connectivity index (χ2v) is 7.60. The summed E-state index contributed by atoms with van der Waals surface area (Å²) in [7, 11) is 0. The number of hydrogen-bond acceptors (Lipinski definition) is 3. The summed E-state index contributed by atoms with van der Waals surface area (Å²) < 4.78 is 10.9. The minimum atomic E-state index is 0.242. The molecule has 2 aromatic carbocycles. The van der Waals surface area contributed by atoms with Crippen molar-refractivity contribution in [3.8, 4) is 11.5 Å². The zero-order valence-corrected chi connectivity index (χ0v) is 16.3. The maximum Gasteiger partial charge on any atom is 0.231 e. The van der Waals surface area contributed by atoms with Crippen LogP contribution in [0.2, 0.25) is 0 Å². The normalized spacial score (nSPS) is 15.6. The highest BCUT2D eigenvalue weighted by molar-refractivity contribution is 5.87. The van der Waals surface area contributed by atoms with E-state index in [0.29, 0.717) is 13.0 Å². The first-order valence-corrected chi connectivity index (χ1v) is 10.2. The Bertz CT molecular complexity index is 1070. The van der Waals surface area contributed by atoms with Crippen molar-refractivity contribution < 1.29 is 14.3 Å². The number of hydrogen-bond donors (Lipinski definition) is 1. The van der Waals surface area contributed by atoms with Crippen LogP contribution in [-0.4, -0.2) is 35.7 Å². The van der Waals surface area contributed by atoms with Crippen LogP contribution in [0.4, 0.5) is 0 Å². The molecular weight excluding hydrogens is 364 g/mol. The maximum atomic E-state index is 12.6. The molecule has 1 N–H and O–H groups in total. The summed E-state index contributed by atoms with van der Waals surface area (Å²) >= 11 is 0. The van der Waals surface area contributed by atoms with Crippen LogP contribution in [0.1, 0.15) is 30.4 Å². The van der Waals surface area contributed by atoms with Crippen molar-refractivity contribution in [3.05, 3.63) is 65.9 Å². The Morgan fingerprint density at radius 2 is 1.93 bits per heavy atom. The Labute approximate surface area is 169 Å². The molecule has 5 rings (SSSR count). The lowest BCUT2D eigenvalue weighted by Crippen LogP contribution is -2.34. The number of fused-ring (bicyclic) bond motifs is 2. The lowest BCUT2D eigenvalue weighted by Gasteiger charge is -2.26. The molecule has 0 fully saturated rings. The summed E-state index contributed by atoms with van der Waals surface area (Å²) in [6.07, 6.45) is 7.42. The number of benzene rings is 2. The minimum absolute atomic E-state index is 0.242. The molecule has 0 radical (unpaired) electrons. The van der Waals surface area contributed by atoms with E-state index < -0.39 is 0 Å². The highest BCUT2D eigenvalue weighted by Gasteiger charge is 2.19. The molecule has 5 nitrogen and oxygen atoms in total. The molecule has 0 spiro atoms. The SMILES string of the molecule is O=C(CCCc1c[nH]c2cc3c(cc12)OCO3)N1CC=C(c2ccccc2)CC1. The fourth-order valence-corrected chi connectivity index (χ4v) is 4.17. The molecule has 2 aliphatic heterocycles. The molecule has 2 aliphatic rings. The number of carbonyl (C=O) groups is 1. The fourth-order valence-electron chi connectivity index (χ4n) is 4.17. The molecule has 3 heterocycles. The number of amides is 1. The molecule has 0 unspecified atom stereocenters. The molecule has 5 heteroatoms. The second-order valence-electron chi connectivity index (χ2n) is 7.60. The summed E-state index contributed by atoms with van der Waals surface area (Å²) in [6, 6.07) is 14.4. The standard InChI is InChI=1S/C24H24N2O3/c27-24(26-11-9-18(10-12-26)17-5-2-1-3-6-17)8-4-7-19-15-25-21-14-23-22(13-20(19)21)28-16-29-23/h1-3,5-6,9,13-15,25H,4,7-8,10-12,16H2. The van der Waals surface area contributed by atoms with Gasteiger partial charge >= 0.3 is 0 Å². The number of rotatable bonds is 5. The van der Waals surface area contributed by atoms with Crippen LogP contribution in [0.25, 0.3) is 16.5 Å². The van der Waals surface area contributed by atoms with Crippen LogP contribution in [0.15, 0.2) is 54.7 Å². The molecule has 0 atom stereocenters. The van der Waals surface area contributed by atoms with Gasteiger partial charge in [-0.05, 0) is 42.0 Å². The van der Waals surface area contributed by atoms with Gasteiger partial charge in [0.15, 0.2) is 11.5 Å². The summed E-state index contributed by atoms with van der Waals surface area (Å²) in [4.78, 5) is 17.9. The molecule has 0 saturated heterocycles. The van der Waals surface area contributed by atoms with E-state index in [-0.39, 0.29) is 12.7 Å². The number of aromatic amines is 1. The van der Waals surface area contributed by atoms with E-state index >= 15 is 0 Å². The Hall–Kier alpha value is -3.21. The topological polar surface area (TPSA) is 54.6 Å². The Morgan fingerprint density at radius 1 is 1.10 bits per heavy atom. The molecule has 1 aromatic heterocycles. The molecule has 0 aliphatic carbocycles. The van der Waals surface area contributed by atoms with Crippen LogP contribution >= 0.6 is 0 Å². The number of aromatic nitrogens is 1. The van der Waals surface area contributed by atoms with Gasteiger partial charge in [-0.2, -0.15) is 0 Å². The molecule has 29 heavy (non-hydrogen) atoms. The zero-order valence-electron chi connectivity index (χ0n) is 16.3. The van der Waals surface area contributed by atoms with Gasteiger partial charge in [0.25, 0.3) is 0 Å². The van der Waals surface area contributed by atoms with Crippen LogP contribution in [-0.2, 0) is 11.2 Å². The third-order valence-electron chi connectivity index (χ3n) is 5.80. The van der Waals surface area contributed by atoms with Crippen LogP contribution < -0.4 is 9.47 Å². The molecule has 1 amide bonds. The van der Waals surface area contributed by atoms with Crippen molar-refractivity contribution >= 4 is 22.4 Å². The number of nitrogens with one attached hydrogen (secondary N) is 1. The largest absolute Gasteiger partial charge is 0.454 e. The van der Waals surface area contributed by atoms with Gasteiger partial charge in [0.1, 0.15) is 0 Å². The lowest BCUT2D eigenvalue weighted by atomic mass is 9.99. The van der Waals surface area contributed by atoms with Crippen molar-refractivity contribution in [2.45, 2.75) is 25.7 Å². The number of nitrogens with zero attached hydrogens (tertiary/aromatic N) is 1. The monoisotopic (exact) mass is 388 g/mol. The average Bonchev–Trinajstić information content (AvgIpc) is 3.39. The molecule has 0 saturated carbocycles. The first kappa shape index (κ1) is 17.9. The van der Waals surface area contributed by atoms with E-state index in [0.717, 1.165) is 48.2 Å². The van der Waals surface area contributed by atoms with Crippen molar-refractivity contribution in [2.24, 2.45) is 0 Å². The number of H-pyrrole nitrogens is 1. The number of ether oxygens (including phenoxy) is 2. The van der Waals surface area contributed by atoms with Gasteiger partial charge in [-0.15, -0.1) is 0 Å².